The van der Waals surface area contributed by atoms with Gasteiger partial charge in [0, 0.05) is 29.5 Å². The molecular formula is C22H30N4O4. The number of nitrogens with two attached hydrogens (primary N) is 1. The van der Waals surface area contributed by atoms with Gasteiger partial charge in [0.25, 0.3) is 0 Å². The van der Waals surface area contributed by atoms with Crippen molar-refractivity contribution >= 4 is 29.3 Å². The molecule has 0 aliphatic heterocycles. The molecule has 0 fully saturated rings. The summed E-state index contributed by atoms with van der Waals surface area (Å²) in [4.78, 5) is 36.1. The molecule has 2 amide bonds. The molecule has 1 rings (SSSR count). The number of rotatable bonds is 9. The van der Waals surface area contributed by atoms with Gasteiger partial charge in [0.1, 0.15) is 11.9 Å². The van der Waals surface area contributed by atoms with Crippen molar-refractivity contribution in [3.63, 3.8) is 0 Å². The molecule has 0 saturated carbocycles. The Morgan fingerprint density at radius 2 is 1.73 bits per heavy atom. The number of amidine groups is 1. The molecule has 162 valence electrons. The molecule has 0 aliphatic rings. The highest BCUT2D eigenvalue weighted by molar-refractivity contribution is 5.96. The lowest BCUT2D eigenvalue weighted by atomic mass is 9.97. The van der Waals surface area contributed by atoms with E-state index in [2.05, 4.69) is 22.5 Å². The Kier molecular flexibility index (Phi) is 9.56. The van der Waals surface area contributed by atoms with Crippen molar-refractivity contribution in [3.8, 4) is 11.8 Å². The molecule has 1 atom stereocenters. The second-order valence-electron chi connectivity index (χ2n) is 7.69. The molecule has 1 aromatic rings. The summed E-state index contributed by atoms with van der Waals surface area (Å²) in [6.07, 6.45) is -0.135. The lowest BCUT2D eigenvalue weighted by Gasteiger charge is -2.14. The lowest BCUT2D eigenvalue weighted by molar-refractivity contribution is -0.143. The SMILES string of the molecule is CCOC(=O)CC(C#CC(C)(C)C)NC(=O)CCC(=O)Nc1ccc(C(=N)N)cc1. The summed E-state index contributed by atoms with van der Waals surface area (Å²) in [5.74, 6) is 4.70. The van der Waals surface area contributed by atoms with Crippen LogP contribution in [-0.2, 0) is 19.1 Å². The number of benzene rings is 1. The molecule has 30 heavy (non-hydrogen) atoms. The van der Waals surface area contributed by atoms with E-state index in [9.17, 15) is 14.4 Å². The largest absolute Gasteiger partial charge is 0.466 e. The number of hydrogen-bond acceptors (Lipinski definition) is 5. The third-order valence-electron chi connectivity index (χ3n) is 3.69. The lowest BCUT2D eigenvalue weighted by Crippen LogP contribution is -2.36. The van der Waals surface area contributed by atoms with Crippen LogP contribution in [0, 0.1) is 22.7 Å². The quantitative estimate of drug-likeness (QED) is 0.213. The molecule has 5 N–H and O–H groups in total. The summed E-state index contributed by atoms with van der Waals surface area (Å²) < 4.78 is 4.93. The Balaban J connectivity index is 2.60. The Labute approximate surface area is 177 Å². The fourth-order valence-electron chi connectivity index (χ4n) is 2.28. The third-order valence-corrected chi connectivity index (χ3v) is 3.69. The Morgan fingerprint density at radius 3 is 2.27 bits per heavy atom. The highest BCUT2D eigenvalue weighted by atomic mass is 16.5. The number of carbonyl (C=O) groups is 3. The molecule has 1 unspecified atom stereocenters. The van der Waals surface area contributed by atoms with Gasteiger partial charge in [-0.15, -0.1) is 0 Å². The minimum absolute atomic E-state index is 0.0287. The van der Waals surface area contributed by atoms with Crippen LogP contribution in [0.5, 0.6) is 0 Å². The van der Waals surface area contributed by atoms with E-state index < -0.39 is 12.0 Å². The van der Waals surface area contributed by atoms with E-state index >= 15 is 0 Å². The van der Waals surface area contributed by atoms with Crippen molar-refractivity contribution in [2.45, 2.75) is 53.0 Å². The maximum atomic E-state index is 12.2. The topological polar surface area (TPSA) is 134 Å². The first-order valence-corrected chi connectivity index (χ1v) is 9.72. The van der Waals surface area contributed by atoms with Crippen LogP contribution in [0.4, 0.5) is 5.69 Å². The molecule has 0 aromatic heterocycles. The van der Waals surface area contributed by atoms with Crippen LogP contribution in [-0.4, -0.2) is 36.3 Å². The molecule has 0 heterocycles. The summed E-state index contributed by atoms with van der Waals surface area (Å²) in [5, 5.41) is 12.7. The molecule has 0 bridgehead atoms. The number of nitrogen functional groups attached to an aromatic ring is 1. The smallest absolute Gasteiger partial charge is 0.308 e. The fourth-order valence-corrected chi connectivity index (χ4v) is 2.28. The highest BCUT2D eigenvalue weighted by Gasteiger charge is 2.17. The van der Waals surface area contributed by atoms with E-state index in [4.69, 9.17) is 15.9 Å². The number of amides is 2. The second-order valence-corrected chi connectivity index (χ2v) is 7.69. The van der Waals surface area contributed by atoms with Gasteiger partial charge in [-0.05, 0) is 52.0 Å². The minimum Gasteiger partial charge on any atom is -0.466 e. The predicted octanol–water partition coefficient (Wildman–Crippen LogP) is 2.18. The first kappa shape index (κ1) is 24.7. The maximum Gasteiger partial charge on any atom is 0.308 e. The van der Waals surface area contributed by atoms with Gasteiger partial charge in [-0.3, -0.25) is 19.8 Å². The number of ether oxygens (including phenoxy) is 1. The first-order chi connectivity index (χ1) is 14.0. The molecule has 0 spiro atoms. The molecule has 0 saturated heterocycles. The number of anilines is 1. The predicted molar refractivity (Wildman–Crippen MR) is 116 cm³/mol. The summed E-state index contributed by atoms with van der Waals surface area (Å²) in [6.45, 7) is 7.74. The van der Waals surface area contributed by atoms with Crippen molar-refractivity contribution < 1.29 is 19.1 Å². The minimum atomic E-state index is -0.682. The van der Waals surface area contributed by atoms with Crippen molar-refractivity contribution in [2.75, 3.05) is 11.9 Å². The zero-order chi connectivity index (χ0) is 22.7. The van der Waals surface area contributed by atoms with E-state index in [0.29, 0.717) is 11.3 Å². The standard InChI is InChI=1S/C22H30N4O4/c1-5-30-20(29)14-17(12-13-22(2,3)4)26-19(28)11-10-18(27)25-16-8-6-15(7-9-16)21(23)24/h6-9,17H,5,10-11,14H2,1-4H3,(H3,23,24)(H,25,27)(H,26,28). The number of hydrogen-bond donors (Lipinski definition) is 4. The molecular weight excluding hydrogens is 384 g/mol. The first-order valence-electron chi connectivity index (χ1n) is 9.72. The average Bonchev–Trinajstić information content (AvgIpc) is 2.64. The number of carbonyl (C=O) groups excluding carboxylic acids is 3. The van der Waals surface area contributed by atoms with Gasteiger partial charge in [0.2, 0.25) is 11.8 Å². The van der Waals surface area contributed by atoms with Gasteiger partial charge in [0.05, 0.1) is 13.0 Å². The van der Waals surface area contributed by atoms with Crippen LogP contribution >= 0.6 is 0 Å². The van der Waals surface area contributed by atoms with Gasteiger partial charge in [-0.2, -0.15) is 0 Å². The summed E-state index contributed by atoms with van der Waals surface area (Å²) >= 11 is 0. The van der Waals surface area contributed by atoms with Crippen LogP contribution in [0.15, 0.2) is 24.3 Å². The van der Waals surface area contributed by atoms with E-state index in [-0.39, 0.29) is 48.9 Å². The van der Waals surface area contributed by atoms with Crippen LogP contribution in [0.3, 0.4) is 0 Å². The number of esters is 1. The molecule has 0 radical (unpaired) electrons. The van der Waals surface area contributed by atoms with E-state index in [1.54, 1.807) is 31.2 Å². The molecule has 8 heteroatoms. The van der Waals surface area contributed by atoms with Gasteiger partial charge < -0.3 is 21.1 Å². The van der Waals surface area contributed by atoms with Crippen LogP contribution in [0.25, 0.3) is 0 Å². The van der Waals surface area contributed by atoms with Gasteiger partial charge in [0.15, 0.2) is 0 Å². The van der Waals surface area contributed by atoms with Crippen LogP contribution < -0.4 is 16.4 Å². The summed E-state index contributed by atoms with van der Waals surface area (Å²) in [5.41, 5.74) is 6.20. The summed E-state index contributed by atoms with van der Waals surface area (Å²) in [7, 11) is 0. The molecule has 1 aromatic carbocycles. The number of nitrogens with one attached hydrogen (secondary N) is 3. The molecule has 8 nitrogen and oxygen atoms in total. The second kappa shape index (κ2) is 11.6. The van der Waals surface area contributed by atoms with Crippen molar-refractivity contribution in [3.05, 3.63) is 29.8 Å². The van der Waals surface area contributed by atoms with Crippen molar-refractivity contribution in [1.29, 1.82) is 5.41 Å². The monoisotopic (exact) mass is 414 g/mol. The van der Waals surface area contributed by atoms with E-state index in [1.165, 1.54) is 0 Å². The Bertz CT molecular complexity index is 829. The summed E-state index contributed by atoms with van der Waals surface area (Å²) in [6, 6.07) is 5.83. The van der Waals surface area contributed by atoms with E-state index in [0.717, 1.165) is 0 Å². The van der Waals surface area contributed by atoms with Crippen molar-refractivity contribution in [1.82, 2.24) is 5.32 Å². The molecule has 0 aliphatic carbocycles. The van der Waals surface area contributed by atoms with Crippen LogP contribution in [0.1, 0.15) is 52.5 Å². The fraction of sp³-hybridized carbons (Fsp3) is 0.455. The van der Waals surface area contributed by atoms with Gasteiger partial charge in [-0.25, -0.2) is 0 Å². The normalized spacial score (nSPS) is 11.5. The Hall–Kier alpha value is -3.34. The maximum absolute atomic E-state index is 12.2. The van der Waals surface area contributed by atoms with Crippen molar-refractivity contribution in [2.24, 2.45) is 11.1 Å². The average molecular weight is 415 g/mol. The zero-order valence-electron chi connectivity index (χ0n) is 17.9. The van der Waals surface area contributed by atoms with Crippen LogP contribution in [0.2, 0.25) is 0 Å². The van der Waals surface area contributed by atoms with Gasteiger partial charge >= 0.3 is 5.97 Å². The van der Waals surface area contributed by atoms with Gasteiger partial charge in [-0.1, -0.05) is 11.8 Å². The third kappa shape index (κ3) is 10.3. The Morgan fingerprint density at radius 1 is 1.13 bits per heavy atom. The highest BCUT2D eigenvalue weighted by Crippen LogP contribution is 2.11. The zero-order valence-corrected chi connectivity index (χ0v) is 17.9. The van der Waals surface area contributed by atoms with E-state index in [1.807, 2.05) is 20.8 Å².